The highest BCUT2D eigenvalue weighted by molar-refractivity contribution is 5.85. The fraction of sp³-hybridized carbons (Fsp3) is 0.276. The van der Waals surface area contributed by atoms with E-state index >= 15 is 0 Å². The minimum atomic E-state index is -0.589. The average Bonchev–Trinajstić information content (AvgIpc) is 3.68. The second-order valence-corrected chi connectivity index (χ2v) is 9.77. The fourth-order valence-electron chi connectivity index (χ4n) is 4.76. The maximum atomic E-state index is 13.8. The quantitative estimate of drug-likeness (QED) is 0.320. The Morgan fingerprint density at radius 1 is 1.18 bits per heavy atom. The third-order valence-corrected chi connectivity index (χ3v) is 6.91. The Bertz CT molecular complexity index is 1560. The van der Waals surface area contributed by atoms with Gasteiger partial charge in [0.05, 0.1) is 12.9 Å². The molecule has 11 nitrogen and oxygen atoms in total. The lowest BCUT2D eigenvalue weighted by molar-refractivity contribution is -0.129. The van der Waals surface area contributed by atoms with Crippen LogP contribution in [-0.2, 0) is 4.79 Å². The molecule has 1 aliphatic heterocycles. The van der Waals surface area contributed by atoms with Gasteiger partial charge in [0.2, 0.25) is 23.6 Å². The number of aromatic nitrogens is 5. The summed E-state index contributed by atoms with van der Waals surface area (Å²) in [6, 6.07) is 12.7. The topological polar surface area (TPSA) is 137 Å². The lowest BCUT2D eigenvalue weighted by atomic mass is 9.96. The van der Waals surface area contributed by atoms with Crippen LogP contribution in [0.15, 0.2) is 89.2 Å². The number of amides is 1. The van der Waals surface area contributed by atoms with Crippen molar-refractivity contribution in [3.8, 4) is 17.3 Å². The summed E-state index contributed by atoms with van der Waals surface area (Å²) in [7, 11) is 0. The molecule has 1 aromatic carbocycles. The van der Waals surface area contributed by atoms with Gasteiger partial charge >= 0.3 is 0 Å². The third kappa shape index (κ3) is 5.73. The largest absolute Gasteiger partial charge is 0.493 e. The number of carbonyl (C=O) groups is 1. The number of nitrogens with zero attached hydrogens (tertiary/aromatic N) is 6. The van der Waals surface area contributed by atoms with Crippen LogP contribution in [0.5, 0.6) is 5.75 Å². The standard InChI is InChI=1S/C29H30N8O3/c30-27-33-28(34-29-32-25(35-37(27)29)24-12-7-17-39-24)31-23(18-20-8-3-1-4-9-20)26(38)36-15-13-21(14-16-36)19-40-22-10-5-2-6-11-22/h1-3,5-8,10-13,15,17,21,23H,4,9,14,16,18-19H2,(H3,30,31,32,33,34,35)/t21?,23-/m0/s1. The van der Waals surface area contributed by atoms with E-state index in [0.717, 1.165) is 25.0 Å². The van der Waals surface area contributed by atoms with E-state index in [4.69, 9.17) is 14.9 Å². The fourth-order valence-corrected chi connectivity index (χ4v) is 4.76. The molecular formula is C29H30N8O3. The van der Waals surface area contributed by atoms with Crippen LogP contribution in [-0.4, -0.2) is 54.6 Å². The predicted molar refractivity (Wildman–Crippen MR) is 150 cm³/mol. The molecule has 4 heterocycles. The van der Waals surface area contributed by atoms with Gasteiger partial charge in [0.25, 0.3) is 5.78 Å². The van der Waals surface area contributed by atoms with Crippen LogP contribution in [0, 0.1) is 5.92 Å². The number of benzene rings is 1. The Kier molecular flexibility index (Phi) is 7.25. The van der Waals surface area contributed by atoms with Gasteiger partial charge in [-0.3, -0.25) is 4.79 Å². The molecule has 2 atom stereocenters. The van der Waals surface area contributed by atoms with E-state index < -0.39 is 6.04 Å². The van der Waals surface area contributed by atoms with Crippen molar-refractivity contribution < 1.29 is 13.9 Å². The highest BCUT2D eigenvalue weighted by Crippen LogP contribution is 2.24. The summed E-state index contributed by atoms with van der Waals surface area (Å²) in [6.07, 6.45) is 14.8. The van der Waals surface area contributed by atoms with Gasteiger partial charge in [-0.2, -0.15) is 19.5 Å². The number of furan rings is 1. The second-order valence-electron chi connectivity index (χ2n) is 9.77. The summed E-state index contributed by atoms with van der Waals surface area (Å²) in [5.41, 5.74) is 7.37. The normalized spacial score (nSPS) is 17.6. The SMILES string of the molecule is Nc1nc(N[C@@H](CC2=CC=CCC2)C(=O)N2C=CC(COc3ccccc3)CC2)nc2nc(-c3ccco3)nn12. The van der Waals surface area contributed by atoms with Gasteiger partial charge in [0.15, 0.2) is 5.76 Å². The third-order valence-electron chi connectivity index (χ3n) is 6.91. The average molecular weight is 539 g/mol. The van der Waals surface area contributed by atoms with Crippen molar-refractivity contribution in [2.75, 3.05) is 24.2 Å². The lowest BCUT2D eigenvalue weighted by Gasteiger charge is -2.30. The van der Waals surface area contributed by atoms with Crippen molar-refractivity contribution in [2.45, 2.75) is 31.7 Å². The first-order chi connectivity index (χ1) is 19.6. The molecule has 3 N–H and O–H groups in total. The Labute approximate surface area is 231 Å². The highest BCUT2D eigenvalue weighted by atomic mass is 16.5. The van der Waals surface area contributed by atoms with E-state index in [9.17, 15) is 4.79 Å². The molecular weight excluding hydrogens is 508 g/mol. The summed E-state index contributed by atoms with van der Waals surface area (Å²) in [5, 5.41) is 7.58. The first-order valence-corrected chi connectivity index (χ1v) is 13.3. The van der Waals surface area contributed by atoms with Crippen LogP contribution in [0.1, 0.15) is 25.7 Å². The van der Waals surface area contributed by atoms with E-state index in [-0.39, 0.29) is 29.5 Å². The highest BCUT2D eigenvalue weighted by Gasteiger charge is 2.28. The van der Waals surface area contributed by atoms with Gasteiger partial charge in [-0.25, -0.2) is 0 Å². The van der Waals surface area contributed by atoms with Gasteiger partial charge in [-0.1, -0.05) is 48.1 Å². The van der Waals surface area contributed by atoms with Crippen LogP contribution < -0.4 is 15.8 Å². The van der Waals surface area contributed by atoms with E-state index in [1.54, 1.807) is 23.3 Å². The molecule has 4 aromatic rings. The maximum Gasteiger partial charge on any atom is 0.259 e. The number of para-hydroxylation sites is 1. The lowest BCUT2D eigenvalue weighted by Crippen LogP contribution is -2.43. The van der Waals surface area contributed by atoms with Crippen molar-refractivity contribution >= 4 is 23.6 Å². The maximum absolute atomic E-state index is 13.8. The molecule has 0 bridgehead atoms. The van der Waals surface area contributed by atoms with Crippen LogP contribution in [0.25, 0.3) is 17.4 Å². The van der Waals surface area contributed by atoms with Crippen LogP contribution >= 0.6 is 0 Å². The zero-order valence-corrected chi connectivity index (χ0v) is 21.9. The number of ether oxygens (including phenoxy) is 1. The van der Waals surface area contributed by atoms with Crippen LogP contribution in [0.2, 0.25) is 0 Å². The molecule has 0 saturated heterocycles. The molecule has 0 saturated carbocycles. The molecule has 2 aliphatic rings. The molecule has 0 fully saturated rings. The Morgan fingerprint density at radius 2 is 2.08 bits per heavy atom. The summed E-state index contributed by atoms with van der Waals surface area (Å²) in [6.45, 7) is 1.16. The molecule has 3 aromatic heterocycles. The number of hydrogen-bond acceptors (Lipinski definition) is 9. The second kappa shape index (κ2) is 11.4. The van der Waals surface area contributed by atoms with E-state index in [2.05, 4.69) is 37.5 Å². The summed E-state index contributed by atoms with van der Waals surface area (Å²) >= 11 is 0. The smallest absolute Gasteiger partial charge is 0.259 e. The predicted octanol–water partition coefficient (Wildman–Crippen LogP) is 4.25. The summed E-state index contributed by atoms with van der Waals surface area (Å²) in [5.74, 6) is 2.41. The first kappa shape index (κ1) is 25.4. The van der Waals surface area contributed by atoms with Gasteiger partial charge in [-0.15, -0.1) is 5.10 Å². The first-order valence-electron chi connectivity index (χ1n) is 13.3. The number of anilines is 2. The minimum Gasteiger partial charge on any atom is -0.493 e. The van der Waals surface area contributed by atoms with Gasteiger partial charge in [0.1, 0.15) is 11.8 Å². The number of nitrogen functional groups attached to an aromatic ring is 1. The van der Waals surface area contributed by atoms with Crippen molar-refractivity contribution in [3.05, 3.63) is 84.8 Å². The van der Waals surface area contributed by atoms with Gasteiger partial charge in [-0.05, 0) is 49.9 Å². The van der Waals surface area contributed by atoms with E-state index in [0.29, 0.717) is 31.2 Å². The number of nitrogens with two attached hydrogens (primary N) is 1. The summed E-state index contributed by atoms with van der Waals surface area (Å²) < 4.78 is 12.7. The number of allylic oxidation sites excluding steroid dienone is 3. The molecule has 1 amide bonds. The number of carbonyl (C=O) groups excluding carboxylic acids is 1. The molecule has 0 radical (unpaired) electrons. The molecule has 11 heteroatoms. The van der Waals surface area contributed by atoms with Gasteiger partial charge in [0, 0.05) is 18.7 Å². The number of hydrogen-bond donors (Lipinski definition) is 2. The molecule has 204 valence electrons. The van der Waals surface area contributed by atoms with Crippen LogP contribution in [0.4, 0.5) is 11.9 Å². The molecule has 40 heavy (non-hydrogen) atoms. The summed E-state index contributed by atoms with van der Waals surface area (Å²) in [4.78, 5) is 28.8. The monoisotopic (exact) mass is 538 g/mol. The Hall–Kier alpha value is -4.93. The number of rotatable bonds is 9. The van der Waals surface area contributed by atoms with E-state index in [1.165, 1.54) is 10.1 Å². The van der Waals surface area contributed by atoms with Crippen molar-refractivity contribution in [2.24, 2.45) is 5.92 Å². The number of nitrogens with one attached hydrogen (secondary N) is 1. The molecule has 0 spiro atoms. The zero-order chi connectivity index (χ0) is 27.3. The Morgan fingerprint density at radius 3 is 2.83 bits per heavy atom. The van der Waals surface area contributed by atoms with Crippen molar-refractivity contribution in [1.82, 2.24) is 29.5 Å². The molecule has 6 rings (SSSR count). The van der Waals surface area contributed by atoms with Gasteiger partial charge < -0.3 is 25.1 Å². The van der Waals surface area contributed by atoms with Crippen molar-refractivity contribution in [3.63, 3.8) is 0 Å². The Balaban J connectivity index is 1.19. The zero-order valence-electron chi connectivity index (χ0n) is 21.9. The van der Waals surface area contributed by atoms with E-state index in [1.807, 2.05) is 48.7 Å². The molecule has 1 aliphatic carbocycles. The van der Waals surface area contributed by atoms with Crippen LogP contribution in [0.3, 0.4) is 0 Å². The van der Waals surface area contributed by atoms with Crippen molar-refractivity contribution in [1.29, 1.82) is 0 Å². The molecule has 1 unspecified atom stereocenters. The minimum absolute atomic E-state index is 0.0612. The number of fused-ring (bicyclic) bond motifs is 1.